The van der Waals surface area contributed by atoms with E-state index in [1.165, 1.54) is 7.11 Å². The van der Waals surface area contributed by atoms with Crippen LogP contribution in [0.5, 0.6) is 0 Å². The second kappa shape index (κ2) is 2.38. The minimum Gasteiger partial charge on any atom is -0.465 e. The second-order valence-corrected chi connectivity index (χ2v) is 0.667. The molecule has 0 aromatic heterocycles. The summed E-state index contributed by atoms with van der Waals surface area (Å²) in [7, 11) is 1.23. The Balaban J connectivity index is 3.23. The van der Waals surface area contributed by atoms with Crippen molar-refractivity contribution < 1.29 is 9.53 Å². The van der Waals surface area contributed by atoms with Crippen molar-refractivity contribution in [1.82, 2.24) is 0 Å². The van der Waals surface area contributed by atoms with Gasteiger partial charge < -0.3 is 10.1 Å². The van der Waals surface area contributed by atoms with E-state index >= 15 is 0 Å². The number of rotatable bonds is 1. The molecule has 0 aliphatic heterocycles. The molecule has 0 fully saturated rings. The number of methoxy groups -OCH3 is 1. The van der Waals surface area contributed by atoms with E-state index in [-0.39, 0.29) is 0 Å². The van der Waals surface area contributed by atoms with E-state index in [4.69, 9.17) is 5.41 Å². The fourth-order valence-electron chi connectivity index (χ4n) is 0.0589. The standard InChI is InChI=1S/C3H5NO2/c1-6-3(5)2-4/h2,4H,1H3. The molecule has 0 aromatic rings. The second-order valence-electron chi connectivity index (χ2n) is 0.667. The molecule has 34 valence electrons. The van der Waals surface area contributed by atoms with E-state index in [1.54, 1.807) is 0 Å². The summed E-state index contributed by atoms with van der Waals surface area (Å²) in [6.45, 7) is 0. The Morgan fingerprint density at radius 2 is 2.50 bits per heavy atom. The number of esters is 1. The topological polar surface area (TPSA) is 50.2 Å². The van der Waals surface area contributed by atoms with Gasteiger partial charge in [-0.05, 0) is 0 Å². The van der Waals surface area contributed by atoms with Crippen LogP contribution in [0.2, 0.25) is 0 Å². The van der Waals surface area contributed by atoms with Gasteiger partial charge in [-0.25, -0.2) is 4.79 Å². The third-order valence-electron chi connectivity index (χ3n) is 0.319. The number of nitrogens with one attached hydrogen (secondary N) is 1. The zero-order chi connectivity index (χ0) is 4.99. The van der Waals surface area contributed by atoms with E-state index < -0.39 is 5.97 Å². The first-order chi connectivity index (χ1) is 2.81. The third-order valence-corrected chi connectivity index (χ3v) is 0.319. The maximum absolute atomic E-state index is 9.72. The summed E-state index contributed by atoms with van der Waals surface area (Å²) in [4.78, 5) is 9.72. The Hall–Kier alpha value is -0.860. The molecule has 3 heteroatoms. The molecule has 0 aliphatic rings. The molecule has 6 heavy (non-hydrogen) atoms. The molecule has 0 aliphatic carbocycles. The van der Waals surface area contributed by atoms with Gasteiger partial charge >= 0.3 is 5.97 Å². The largest absolute Gasteiger partial charge is 0.465 e. The Morgan fingerprint density at radius 1 is 2.00 bits per heavy atom. The fraction of sp³-hybridized carbons (Fsp3) is 0.333. The monoisotopic (exact) mass is 87.0 g/mol. The summed E-state index contributed by atoms with van der Waals surface area (Å²) in [5.74, 6) is -0.616. The van der Waals surface area contributed by atoms with Crippen molar-refractivity contribution in [3.05, 3.63) is 0 Å². The predicted molar refractivity (Wildman–Crippen MR) is 20.8 cm³/mol. The molecule has 0 atom stereocenters. The van der Waals surface area contributed by atoms with E-state index in [2.05, 4.69) is 4.74 Å². The predicted octanol–water partition coefficient (Wildman–Crippen LogP) is -0.191. The van der Waals surface area contributed by atoms with Crippen LogP contribution in [0.15, 0.2) is 0 Å². The zero-order valence-corrected chi connectivity index (χ0v) is 3.39. The summed E-state index contributed by atoms with van der Waals surface area (Å²) >= 11 is 0. The first-order valence-electron chi connectivity index (χ1n) is 1.39. The van der Waals surface area contributed by atoms with Crippen molar-refractivity contribution in [2.45, 2.75) is 0 Å². The molecular weight excluding hydrogens is 82.0 g/mol. The molecule has 0 aromatic carbocycles. The average Bonchev–Trinajstić information content (AvgIpc) is 1.65. The molecule has 0 amide bonds. The lowest BCUT2D eigenvalue weighted by Gasteiger charge is -1.81. The molecule has 0 radical (unpaired) electrons. The quantitative estimate of drug-likeness (QED) is 0.356. The minimum atomic E-state index is -0.616. The third kappa shape index (κ3) is 1.46. The smallest absolute Gasteiger partial charge is 0.348 e. The minimum absolute atomic E-state index is 0.611. The van der Waals surface area contributed by atoms with Crippen LogP contribution in [-0.4, -0.2) is 19.3 Å². The summed E-state index contributed by atoms with van der Waals surface area (Å²) < 4.78 is 4.02. The van der Waals surface area contributed by atoms with Gasteiger partial charge in [0.05, 0.1) is 7.11 Å². The highest BCUT2D eigenvalue weighted by Gasteiger charge is 1.84. The average molecular weight is 87.1 g/mol. The summed E-state index contributed by atoms with van der Waals surface area (Å²) in [5.41, 5.74) is 0. The molecule has 0 unspecified atom stereocenters. The number of hydrogen-bond donors (Lipinski definition) is 1. The SMILES string of the molecule is COC(=O)C=N. The van der Waals surface area contributed by atoms with Crippen LogP contribution in [0.4, 0.5) is 0 Å². The maximum atomic E-state index is 9.72. The number of carbonyl (C=O) groups is 1. The Kier molecular flexibility index (Phi) is 2.04. The highest BCUT2D eigenvalue weighted by atomic mass is 16.5. The van der Waals surface area contributed by atoms with Crippen LogP contribution in [0.25, 0.3) is 0 Å². The zero-order valence-electron chi connectivity index (χ0n) is 3.39. The number of hydrogen-bond acceptors (Lipinski definition) is 3. The highest BCUT2D eigenvalue weighted by Crippen LogP contribution is 1.58. The van der Waals surface area contributed by atoms with E-state index in [9.17, 15) is 4.79 Å². The Labute approximate surface area is 35.4 Å². The van der Waals surface area contributed by atoms with Crippen molar-refractivity contribution in [1.29, 1.82) is 5.41 Å². The van der Waals surface area contributed by atoms with Gasteiger partial charge in [0.25, 0.3) is 0 Å². The normalized spacial score (nSPS) is 6.83. The lowest BCUT2D eigenvalue weighted by atomic mass is 10.8. The summed E-state index contributed by atoms with van der Waals surface area (Å²) in [5, 5.41) is 6.21. The van der Waals surface area contributed by atoms with Gasteiger partial charge in [-0.2, -0.15) is 0 Å². The lowest BCUT2D eigenvalue weighted by molar-refractivity contribution is -0.132. The molecule has 0 saturated carbocycles. The summed E-state index contributed by atoms with van der Waals surface area (Å²) in [6.07, 6.45) is 0.611. The molecule has 0 spiro atoms. The summed E-state index contributed by atoms with van der Waals surface area (Å²) in [6, 6.07) is 0. The molecule has 0 saturated heterocycles. The van der Waals surface area contributed by atoms with Gasteiger partial charge in [-0.15, -0.1) is 0 Å². The van der Waals surface area contributed by atoms with Crippen LogP contribution in [0.1, 0.15) is 0 Å². The first kappa shape index (κ1) is 5.14. The van der Waals surface area contributed by atoms with Gasteiger partial charge in [-0.1, -0.05) is 0 Å². The van der Waals surface area contributed by atoms with Gasteiger partial charge in [0.1, 0.15) is 6.21 Å². The van der Waals surface area contributed by atoms with Crippen LogP contribution >= 0.6 is 0 Å². The molecule has 0 heterocycles. The molecule has 0 rings (SSSR count). The van der Waals surface area contributed by atoms with E-state index in [0.29, 0.717) is 6.21 Å². The van der Waals surface area contributed by atoms with Gasteiger partial charge in [0.15, 0.2) is 0 Å². The van der Waals surface area contributed by atoms with Crippen LogP contribution < -0.4 is 0 Å². The van der Waals surface area contributed by atoms with E-state index in [0.717, 1.165) is 0 Å². The van der Waals surface area contributed by atoms with E-state index in [1.807, 2.05) is 0 Å². The van der Waals surface area contributed by atoms with Crippen molar-refractivity contribution in [3.63, 3.8) is 0 Å². The Morgan fingerprint density at radius 3 is 2.50 bits per heavy atom. The maximum Gasteiger partial charge on any atom is 0.348 e. The molecule has 3 nitrogen and oxygen atoms in total. The fourth-order valence-corrected chi connectivity index (χ4v) is 0.0589. The van der Waals surface area contributed by atoms with Crippen LogP contribution in [0, 0.1) is 5.41 Å². The van der Waals surface area contributed by atoms with Crippen molar-refractivity contribution in [2.75, 3.05) is 7.11 Å². The number of ether oxygens (including phenoxy) is 1. The number of carbonyl (C=O) groups excluding carboxylic acids is 1. The van der Waals surface area contributed by atoms with Crippen molar-refractivity contribution in [2.24, 2.45) is 0 Å². The van der Waals surface area contributed by atoms with Gasteiger partial charge in [0, 0.05) is 0 Å². The van der Waals surface area contributed by atoms with Gasteiger partial charge in [0.2, 0.25) is 0 Å². The van der Waals surface area contributed by atoms with Crippen molar-refractivity contribution >= 4 is 12.2 Å². The lowest BCUT2D eigenvalue weighted by Crippen LogP contribution is -1.98. The van der Waals surface area contributed by atoms with Crippen molar-refractivity contribution in [3.8, 4) is 0 Å². The van der Waals surface area contributed by atoms with Crippen LogP contribution in [-0.2, 0) is 9.53 Å². The van der Waals surface area contributed by atoms with Crippen LogP contribution in [0.3, 0.4) is 0 Å². The highest BCUT2D eigenvalue weighted by molar-refractivity contribution is 6.21. The molecular formula is C3H5NO2. The van der Waals surface area contributed by atoms with Gasteiger partial charge in [-0.3, -0.25) is 0 Å². The molecule has 0 bridgehead atoms. The molecule has 1 N–H and O–H groups in total. The first-order valence-corrected chi connectivity index (χ1v) is 1.39. The Bertz CT molecular complexity index is 69.2.